The molecule has 0 fully saturated rings. The summed E-state index contributed by atoms with van der Waals surface area (Å²) in [5.74, 6) is 0.660. The van der Waals surface area contributed by atoms with Gasteiger partial charge < -0.3 is 4.52 Å². The molecular formula is C19H10FN7O. The van der Waals surface area contributed by atoms with Crippen LogP contribution in [0.4, 0.5) is 4.39 Å². The van der Waals surface area contributed by atoms with E-state index >= 15 is 0 Å². The molecule has 6 rings (SSSR count). The Labute approximate surface area is 155 Å². The molecular weight excluding hydrogens is 361 g/mol. The summed E-state index contributed by atoms with van der Waals surface area (Å²) in [4.78, 5) is 8.68. The van der Waals surface area contributed by atoms with E-state index in [-0.39, 0.29) is 17.5 Å². The lowest BCUT2D eigenvalue weighted by molar-refractivity contribution is 0.431. The first-order chi connectivity index (χ1) is 13.8. The molecule has 0 aliphatic carbocycles. The third kappa shape index (κ3) is 2.01. The van der Waals surface area contributed by atoms with Crippen molar-refractivity contribution < 1.29 is 8.91 Å². The highest BCUT2D eigenvalue weighted by Gasteiger charge is 2.20. The molecule has 0 saturated heterocycles. The maximum atomic E-state index is 13.2. The Bertz CT molecular complexity index is 1480. The van der Waals surface area contributed by atoms with Gasteiger partial charge in [0.05, 0.1) is 11.7 Å². The average molecular weight is 371 g/mol. The molecule has 8 nitrogen and oxygen atoms in total. The monoisotopic (exact) mass is 371 g/mol. The van der Waals surface area contributed by atoms with Gasteiger partial charge >= 0.3 is 0 Å². The van der Waals surface area contributed by atoms with E-state index in [2.05, 4.69) is 25.3 Å². The molecule has 0 aliphatic heterocycles. The number of hydrogen-bond donors (Lipinski definition) is 0. The summed E-state index contributed by atoms with van der Waals surface area (Å²) in [6.07, 6.45) is 3.47. The van der Waals surface area contributed by atoms with Crippen molar-refractivity contribution in [2.24, 2.45) is 0 Å². The Hall–Kier alpha value is -4.14. The summed E-state index contributed by atoms with van der Waals surface area (Å²) in [5, 5.41) is 13.6. The van der Waals surface area contributed by atoms with Gasteiger partial charge in [-0.2, -0.15) is 4.98 Å². The van der Waals surface area contributed by atoms with Crippen LogP contribution in [0, 0.1) is 5.82 Å². The van der Waals surface area contributed by atoms with Gasteiger partial charge in [-0.1, -0.05) is 17.3 Å². The predicted molar refractivity (Wildman–Crippen MR) is 97.9 cm³/mol. The van der Waals surface area contributed by atoms with Crippen LogP contribution >= 0.6 is 0 Å². The standard InChI is InChI=1S/C19H10FN7O/c20-12-7-5-11(6-8-12)19-22-16(25-28-19)18-24-23-17-13-3-1-2-4-14(13)26-10-21-9-15(26)27(17)18/h1-10H. The molecule has 4 heterocycles. The molecule has 0 spiro atoms. The second kappa shape index (κ2) is 5.43. The van der Waals surface area contributed by atoms with E-state index in [9.17, 15) is 4.39 Å². The number of benzene rings is 2. The molecule has 0 amide bonds. The smallest absolute Gasteiger partial charge is 0.258 e. The molecule has 4 aromatic heterocycles. The summed E-state index contributed by atoms with van der Waals surface area (Å²) >= 11 is 0. The number of nitrogens with zero attached hydrogens (tertiary/aromatic N) is 7. The summed E-state index contributed by atoms with van der Waals surface area (Å²) < 4.78 is 22.3. The zero-order chi connectivity index (χ0) is 18.7. The summed E-state index contributed by atoms with van der Waals surface area (Å²) in [6.45, 7) is 0. The zero-order valence-electron chi connectivity index (χ0n) is 14.2. The zero-order valence-corrected chi connectivity index (χ0v) is 14.2. The van der Waals surface area contributed by atoms with Crippen LogP contribution in [-0.2, 0) is 0 Å². The molecule has 28 heavy (non-hydrogen) atoms. The van der Waals surface area contributed by atoms with Gasteiger partial charge in [0.1, 0.15) is 17.8 Å². The molecule has 2 aromatic carbocycles. The van der Waals surface area contributed by atoms with Crippen molar-refractivity contribution in [2.45, 2.75) is 0 Å². The van der Waals surface area contributed by atoms with Gasteiger partial charge in [0.15, 0.2) is 5.65 Å². The van der Waals surface area contributed by atoms with Crippen LogP contribution in [0.2, 0.25) is 0 Å². The number of halogens is 1. The number of fused-ring (bicyclic) bond motifs is 6. The van der Waals surface area contributed by atoms with Gasteiger partial charge in [0.25, 0.3) is 5.89 Å². The molecule has 9 heteroatoms. The second-order valence-electron chi connectivity index (χ2n) is 6.25. The Balaban J connectivity index is 1.61. The fraction of sp³-hybridized carbons (Fsp3) is 0. The Morgan fingerprint density at radius 2 is 1.82 bits per heavy atom. The van der Waals surface area contributed by atoms with E-state index in [0.29, 0.717) is 17.0 Å². The van der Waals surface area contributed by atoms with Crippen molar-refractivity contribution in [3.63, 3.8) is 0 Å². The lowest BCUT2D eigenvalue weighted by Crippen LogP contribution is -1.98. The van der Waals surface area contributed by atoms with Crippen LogP contribution in [0.1, 0.15) is 0 Å². The summed E-state index contributed by atoms with van der Waals surface area (Å²) in [5.41, 5.74) is 3.05. The quantitative estimate of drug-likeness (QED) is 0.464. The second-order valence-corrected chi connectivity index (χ2v) is 6.25. The van der Waals surface area contributed by atoms with Crippen molar-refractivity contribution in [3.8, 4) is 23.1 Å². The van der Waals surface area contributed by atoms with Gasteiger partial charge in [0, 0.05) is 10.9 Å². The first kappa shape index (κ1) is 15.0. The number of para-hydroxylation sites is 1. The van der Waals surface area contributed by atoms with E-state index in [1.807, 2.05) is 33.1 Å². The first-order valence-corrected chi connectivity index (χ1v) is 8.47. The molecule has 6 aromatic rings. The molecule has 0 N–H and O–H groups in total. The first-order valence-electron chi connectivity index (χ1n) is 8.47. The maximum absolute atomic E-state index is 13.2. The van der Waals surface area contributed by atoms with Crippen LogP contribution < -0.4 is 0 Å². The highest BCUT2D eigenvalue weighted by Crippen LogP contribution is 2.27. The van der Waals surface area contributed by atoms with E-state index in [0.717, 1.165) is 16.6 Å². The van der Waals surface area contributed by atoms with Gasteiger partial charge in [-0.3, -0.25) is 8.80 Å². The largest absolute Gasteiger partial charge is 0.333 e. The summed E-state index contributed by atoms with van der Waals surface area (Å²) in [6, 6.07) is 13.7. The van der Waals surface area contributed by atoms with Crippen molar-refractivity contribution in [2.75, 3.05) is 0 Å². The van der Waals surface area contributed by atoms with Gasteiger partial charge in [0.2, 0.25) is 11.6 Å². The SMILES string of the molecule is Fc1ccc(-c2nc(-c3nnc4c5ccccc5n5cncc5n34)no2)cc1. The highest BCUT2D eigenvalue weighted by atomic mass is 19.1. The Morgan fingerprint density at radius 1 is 0.964 bits per heavy atom. The number of aromatic nitrogens is 7. The minimum absolute atomic E-state index is 0.275. The molecule has 0 unspecified atom stereocenters. The third-order valence-electron chi connectivity index (χ3n) is 4.63. The van der Waals surface area contributed by atoms with Gasteiger partial charge in [-0.25, -0.2) is 9.37 Å². The predicted octanol–water partition coefficient (Wildman–Crippen LogP) is 3.39. The topological polar surface area (TPSA) is 86.4 Å². The van der Waals surface area contributed by atoms with Gasteiger partial charge in [-0.05, 0) is 36.4 Å². The van der Waals surface area contributed by atoms with Crippen LogP contribution in [0.5, 0.6) is 0 Å². The van der Waals surface area contributed by atoms with E-state index in [1.54, 1.807) is 24.7 Å². The molecule has 0 bridgehead atoms. The van der Waals surface area contributed by atoms with Crippen LogP contribution in [0.3, 0.4) is 0 Å². The highest BCUT2D eigenvalue weighted by molar-refractivity contribution is 5.94. The molecule has 0 radical (unpaired) electrons. The lowest BCUT2D eigenvalue weighted by atomic mass is 10.2. The fourth-order valence-electron chi connectivity index (χ4n) is 3.36. The molecule has 0 atom stereocenters. The lowest BCUT2D eigenvalue weighted by Gasteiger charge is -2.05. The van der Waals surface area contributed by atoms with Crippen LogP contribution in [0.15, 0.2) is 65.6 Å². The van der Waals surface area contributed by atoms with Crippen molar-refractivity contribution in [3.05, 3.63) is 66.9 Å². The number of rotatable bonds is 2. The third-order valence-corrected chi connectivity index (χ3v) is 4.63. The Kier molecular flexibility index (Phi) is 2.90. The minimum Gasteiger partial charge on any atom is -0.333 e. The molecule has 0 aliphatic rings. The van der Waals surface area contributed by atoms with E-state index in [4.69, 9.17) is 4.52 Å². The summed E-state index contributed by atoms with van der Waals surface area (Å²) in [7, 11) is 0. The minimum atomic E-state index is -0.332. The van der Waals surface area contributed by atoms with Gasteiger partial charge in [-0.15, -0.1) is 10.2 Å². The number of hydrogen-bond acceptors (Lipinski definition) is 6. The molecule has 134 valence electrons. The van der Waals surface area contributed by atoms with Crippen LogP contribution in [-0.4, -0.2) is 34.1 Å². The normalized spacial score (nSPS) is 11.8. The van der Waals surface area contributed by atoms with E-state index < -0.39 is 0 Å². The fourth-order valence-corrected chi connectivity index (χ4v) is 3.36. The Morgan fingerprint density at radius 3 is 2.71 bits per heavy atom. The van der Waals surface area contributed by atoms with E-state index in [1.165, 1.54) is 12.1 Å². The maximum Gasteiger partial charge on any atom is 0.258 e. The molecule has 0 saturated carbocycles. The van der Waals surface area contributed by atoms with Crippen molar-refractivity contribution in [1.29, 1.82) is 0 Å². The van der Waals surface area contributed by atoms with Crippen molar-refractivity contribution in [1.82, 2.24) is 34.1 Å². The number of imidazole rings is 1. The van der Waals surface area contributed by atoms with Crippen LogP contribution in [0.25, 0.3) is 45.3 Å². The van der Waals surface area contributed by atoms with Crippen molar-refractivity contribution >= 4 is 22.2 Å². The average Bonchev–Trinajstić information content (AvgIpc) is 3.46.